The van der Waals surface area contributed by atoms with Gasteiger partial charge in [-0.1, -0.05) is 30.3 Å². The molecule has 0 aliphatic carbocycles. The molecule has 2 heterocycles. The largest absolute Gasteiger partial charge is 0.364 e. The Bertz CT molecular complexity index is 668. The quantitative estimate of drug-likeness (QED) is 0.880. The Labute approximate surface area is 135 Å². The molecule has 1 amide bonds. The van der Waals surface area contributed by atoms with Gasteiger partial charge in [-0.25, -0.2) is 4.68 Å². The Kier molecular flexibility index (Phi) is 4.73. The molecule has 23 heavy (non-hydrogen) atoms. The average Bonchev–Trinajstić information content (AvgIpc) is 3.15. The summed E-state index contributed by atoms with van der Waals surface area (Å²) in [5.74, 6) is 0.561. The normalized spacial score (nSPS) is 20.6. The van der Waals surface area contributed by atoms with Crippen LogP contribution >= 0.6 is 0 Å². The number of carbonyl (C=O) groups is 1. The number of nitrogens with zero attached hydrogens (tertiary/aromatic N) is 2. The van der Waals surface area contributed by atoms with E-state index in [4.69, 9.17) is 10.5 Å². The molecule has 6 nitrogen and oxygen atoms in total. The van der Waals surface area contributed by atoms with Crippen LogP contribution in [-0.2, 0) is 16.1 Å². The number of anilines is 1. The first kappa shape index (κ1) is 15.7. The number of nitrogens with one attached hydrogen (secondary N) is 1. The van der Waals surface area contributed by atoms with Crippen LogP contribution in [0.15, 0.2) is 36.4 Å². The van der Waals surface area contributed by atoms with Crippen LogP contribution < -0.4 is 11.1 Å². The molecule has 0 radical (unpaired) electrons. The lowest BCUT2D eigenvalue weighted by Crippen LogP contribution is -2.30. The van der Waals surface area contributed by atoms with Crippen molar-refractivity contribution in [3.8, 4) is 0 Å². The van der Waals surface area contributed by atoms with Crippen molar-refractivity contribution in [3.63, 3.8) is 0 Å². The molecule has 2 atom stereocenters. The third-order valence-corrected chi connectivity index (χ3v) is 3.99. The molecule has 0 spiro atoms. The van der Waals surface area contributed by atoms with E-state index in [1.54, 1.807) is 4.68 Å². The lowest BCUT2D eigenvalue weighted by molar-refractivity contribution is -0.126. The maximum atomic E-state index is 12.4. The lowest BCUT2D eigenvalue weighted by Gasteiger charge is -2.13. The van der Waals surface area contributed by atoms with Crippen molar-refractivity contribution >= 4 is 11.7 Å². The molecule has 122 valence electrons. The van der Waals surface area contributed by atoms with Gasteiger partial charge in [0, 0.05) is 12.6 Å². The molecule has 0 unspecified atom stereocenters. The van der Waals surface area contributed by atoms with E-state index in [1.807, 2.05) is 43.3 Å². The zero-order valence-corrected chi connectivity index (χ0v) is 13.2. The van der Waals surface area contributed by atoms with Gasteiger partial charge in [0.2, 0.25) is 0 Å². The zero-order chi connectivity index (χ0) is 16.2. The summed E-state index contributed by atoms with van der Waals surface area (Å²) in [6.07, 6.45) is 1.10. The summed E-state index contributed by atoms with van der Waals surface area (Å²) in [4.78, 5) is 12.4. The smallest absolute Gasteiger partial charge is 0.254 e. The maximum absolute atomic E-state index is 12.4. The van der Waals surface area contributed by atoms with Crippen LogP contribution in [0.1, 0.15) is 24.1 Å². The van der Waals surface area contributed by atoms with Crippen LogP contribution in [0.4, 0.5) is 5.82 Å². The fraction of sp³-hybridized carbons (Fsp3) is 0.412. The minimum absolute atomic E-state index is 0.0123. The fourth-order valence-electron chi connectivity index (χ4n) is 2.80. The van der Waals surface area contributed by atoms with E-state index in [0.29, 0.717) is 25.3 Å². The third kappa shape index (κ3) is 3.78. The Morgan fingerprint density at radius 1 is 1.39 bits per heavy atom. The first-order valence-corrected chi connectivity index (χ1v) is 7.90. The van der Waals surface area contributed by atoms with E-state index in [0.717, 1.165) is 17.7 Å². The number of hydrogen-bond acceptors (Lipinski definition) is 4. The molecular formula is C17H22N4O2. The van der Waals surface area contributed by atoms with Crippen LogP contribution in [0.5, 0.6) is 0 Å². The summed E-state index contributed by atoms with van der Waals surface area (Å²) in [5.41, 5.74) is 7.59. The van der Waals surface area contributed by atoms with Crippen LogP contribution in [0.25, 0.3) is 0 Å². The SMILES string of the molecule is Cc1cc(NC(=O)[C@@H]2CC[C@H](CN)O2)n(Cc2ccccc2)n1. The van der Waals surface area contributed by atoms with Crippen molar-refractivity contribution in [2.45, 2.75) is 38.5 Å². The molecule has 1 aliphatic heterocycles. The summed E-state index contributed by atoms with van der Waals surface area (Å²) in [5, 5.41) is 7.39. The van der Waals surface area contributed by atoms with Crippen LogP contribution in [0.3, 0.4) is 0 Å². The lowest BCUT2D eigenvalue weighted by atomic mass is 10.2. The highest BCUT2D eigenvalue weighted by Gasteiger charge is 2.30. The molecule has 1 aromatic heterocycles. The first-order valence-electron chi connectivity index (χ1n) is 7.90. The molecule has 3 N–H and O–H groups in total. The first-order chi connectivity index (χ1) is 11.2. The van der Waals surface area contributed by atoms with Gasteiger partial charge >= 0.3 is 0 Å². The number of carbonyl (C=O) groups excluding carboxylic acids is 1. The van der Waals surface area contributed by atoms with E-state index >= 15 is 0 Å². The van der Waals surface area contributed by atoms with Gasteiger partial charge in [-0.3, -0.25) is 4.79 Å². The van der Waals surface area contributed by atoms with Crippen molar-refractivity contribution in [1.82, 2.24) is 9.78 Å². The van der Waals surface area contributed by atoms with Gasteiger partial charge in [-0.2, -0.15) is 5.10 Å². The Morgan fingerprint density at radius 2 is 2.17 bits per heavy atom. The molecule has 6 heteroatoms. The number of ether oxygens (including phenoxy) is 1. The van der Waals surface area contributed by atoms with E-state index < -0.39 is 6.10 Å². The number of aromatic nitrogens is 2. The Hall–Kier alpha value is -2.18. The second kappa shape index (κ2) is 6.93. The number of benzene rings is 1. The molecule has 1 fully saturated rings. The molecule has 1 aromatic carbocycles. The monoisotopic (exact) mass is 314 g/mol. The predicted molar refractivity (Wildman–Crippen MR) is 88.1 cm³/mol. The van der Waals surface area contributed by atoms with Crippen LogP contribution in [0.2, 0.25) is 0 Å². The summed E-state index contributed by atoms with van der Waals surface area (Å²) < 4.78 is 7.45. The van der Waals surface area contributed by atoms with E-state index in [9.17, 15) is 4.79 Å². The molecular weight excluding hydrogens is 292 g/mol. The van der Waals surface area contributed by atoms with Crippen molar-refractivity contribution in [2.75, 3.05) is 11.9 Å². The van der Waals surface area contributed by atoms with Gasteiger partial charge in [-0.05, 0) is 25.3 Å². The van der Waals surface area contributed by atoms with E-state index in [-0.39, 0.29) is 12.0 Å². The summed E-state index contributed by atoms with van der Waals surface area (Å²) in [7, 11) is 0. The fourth-order valence-corrected chi connectivity index (χ4v) is 2.80. The van der Waals surface area contributed by atoms with Crippen molar-refractivity contribution in [3.05, 3.63) is 47.7 Å². The summed E-state index contributed by atoms with van der Waals surface area (Å²) >= 11 is 0. The van der Waals surface area contributed by atoms with Gasteiger partial charge < -0.3 is 15.8 Å². The number of hydrogen-bond donors (Lipinski definition) is 2. The number of rotatable bonds is 5. The Morgan fingerprint density at radius 3 is 2.87 bits per heavy atom. The van der Waals surface area contributed by atoms with Gasteiger partial charge in [0.05, 0.1) is 18.3 Å². The summed E-state index contributed by atoms with van der Waals surface area (Å²) in [6, 6.07) is 11.9. The second-order valence-electron chi connectivity index (χ2n) is 5.86. The van der Waals surface area contributed by atoms with Gasteiger partial charge in [-0.15, -0.1) is 0 Å². The molecule has 1 saturated heterocycles. The highest BCUT2D eigenvalue weighted by atomic mass is 16.5. The maximum Gasteiger partial charge on any atom is 0.254 e. The second-order valence-corrected chi connectivity index (χ2v) is 5.86. The predicted octanol–water partition coefficient (Wildman–Crippen LogP) is 1.68. The number of nitrogens with two attached hydrogens (primary N) is 1. The molecule has 2 aromatic rings. The van der Waals surface area contributed by atoms with Crippen molar-refractivity contribution in [2.24, 2.45) is 5.73 Å². The van der Waals surface area contributed by atoms with Crippen LogP contribution in [-0.4, -0.2) is 34.4 Å². The topological polar surface area (TPSA) is 82.2 Å². The highest BCUT2D eigenvalue weighted by Crippen LogP contribution is 2.21. The Balaban J connectivity index is 1.69. The van der Waals surface area contributed by atoms with Crippen molar-refractivity contribution in [1.29, 1.82) is 0 Å². The minimum atomic E-state index is -0.427. The molecule has 0 saturated carbocycles. The van der Waals surface area contributed by atoms with Crippen molar-refractivity contribution < 1.29 is 9.53 Å². The third-order valence-electron chi connectivity index (χ3n) is 3.99. The van der Waals surface area contributed by atoms with Gasteiger partial charge in [0.25, 0.3) is 5.91 Å². The van der Waals surface area contributed by atoms with Gasteiger partial charge in [0.1, 0.15) is 11.9 Å². The summed E-state index contributed by atoms with van der Waals surface area (Å²) in [6.45, 7) is 2.98. The molecule has 1 aliphatic rings. The minimum Gasteiger partial charge on any atom is -0.364 e. The highest BCUT2D eigenvalue weighted by molar-refractivity contribution is 5.93. The van der Waals surface area contributed by atoms with Crippen LogP contribution in [0, 0.1) is 6.92 Å². The molecule has 3 rings (SSSR count). The molecule has 0 bridgehead atoms. The standard InChI is InChI=1S/C17H22N4O2/c1-12-9-16(19-17(22)15-8-7-14(10-18)23-15)21(20-12)11-13-5-3-2-4-6-13/h2-6,9,14-15H,7-8,10-11,18H2,1H3,(H,19,22)/t14-,15+/m1/s1. The van der Waals surface area contributed by atoms with Gasteiger partial charge in [0.15, 0.2) is 0 Å². The zero-order valence-electron chi connectivity index (χ0n) is 13.2. The van der Waals surface area contributed by atoms with E-state index in [2.05, 4.69) is 10.4 Å². The average molecular weight is 314 g/mol. The number of aryl methyl sites for hydroxylation is 1. The number of amides is 1. The van der Waals surface area contributed by atoms with E-state index in [1.165, 1.54) is 0 Å².